The van der Waals surface area contributed by atoms with E-state index >= 15 is 0 Å². The monoisotopic (exact) mass is 426 g/mol. The normalized spacial score (nSPS) is 11.6. The second-order valence-electron chi connectivity index (χ2n) is 6.09. The summed E-state index contributed by atoms with van der Waals surface area (Å²) in [6, 6.07) is 9.59. The van der Waals surface area contributed by atoms with Crippen LogP contribution in [-0.2, 0) is 17.8 Å². The molecule has 148 valence electrons. The first-order valence-electron chi connectivity index (χ1n) is 8.26. The van der Waals surface area contributed by atoms with Gasteiger partial charge in [0.15, 0.2) is 4.34 Å². The number of carbonyl (C=O) groups is 1. The topological polar surface area (TPSA) is 51.0 Å². The summed E-state index contributed by atoms with van der Waals surface area (Å²) in [6.45, 7) is 1.97. The Balaban J connectivity index is 1.62. The van der Waals surface area contributed by atoms with Crippen molar-refractivity contribution in [1.29, 1.82) is 0 Å². The SMILES string of the molecule is Cc1nc(SC(F)(F)F)sc1CC(=O)N(C)Cc1cnn(-c2ccccc2)c1. The second-order valence-corrected chi connectivity index (χ2v) is 8.49. The van der Waals surface area contributed by atoms with Crippen molar-refractivity contribution in [1.82, 2.24) is 19.7 Å². The van der Waals surface area contributed by atoms with Gasteiger partial charge in [0.05, 0.1) is 24.0 Å². The third-order valence-electron chi connectivity index (χ3n) is 3.89. The summed E-state index contributed by atoms with van der Waals surface area (Å²) in [5.41, 5.74) is -2.16. The van der Waals surface area contributed by atoms with E-state index in [1.165, 1.54) is 4.90 Å². The van der Waals surface area contributed by atoms with E-state index in [2.05, 4.69) is 10.1 Å². The molecule has 0 saturated heterocycles. The number of benzene rings is 1. The molecule has 0 aliphatic heterocycles. The van der Waals surface area contributed by atoms with Crippen LogP contribution >= 0.6 is 23.1 Å². The quantitative estimate of drug-likeness (QED) is 0.547. The van der Waals surface area contributed by atoms with Crippen molar-refractivity contribution in [3.8, 4) is 5.69 Å². The van der Waals surface area contributed by atoms with Crippen LogP contribution in [0.25, 0.3) is 5.69 Å². The van der Waals surface area contributed by atoms with Crippen molar-refractivity contribution in [2.75, 3.05) is 7.05 Å². The Kier molecular flexibility index (Phi) is 6.09. The first-order chi connectivity index (χ1) is 13.2. The van der Waals surface area contributed by atoms with Gasteiger partial charge in [-0.3, -0.25) is 4.79 Å². The predicted octanol–water partition coefficient (Wildman–Crippen LogP) is 4.45. The van der Waals surface area contributed by atoms with Crippen molar-refractivity contribution in [3.63, 3.8) is 0 Å². The smallest absolute Gasteiger partial charge is 0.341 e. The highest BCUT2D eigenvalue weighted by molar-refractivity contribution is 8.01. The summed E-state index contributed by atoms with van der Waals surface area (Å²) >= 11 is 0.654. The number of amides is 1. The molecule has 0 fully saturated rings. The fourth-order valence-corrected chi connectivity index (χ4v) is 4.42. The van der Waals surface area contributed by atoms with Gasteiger partial charge >= 0.3 is 5.51 Å². The lowest BCUT2D eigenvalue weighted by Gasteiger charge is -2.15. The average molecular weight is 426 g/mol. The molecule has 0 saturated carbocycles. The number of rotatable bonds is 6. The summed E-state index contributed by atoms with van der Waals surface area (Å²) in [5.74, 6) is -0.192. The maximum Gasteiger partial charge on any atom is 0.448 e. The van der Waals surface area contributed by atoms with E-state index in [4.69, 9.17) is 0 Å². The number of aromatic nitrogens is 3. The Hall–Kier alpha value is -2.33. The molecule has 3 rings (SSSR count). The zero-order valence-corrected chi connectivity index (χ0v) is 16.7. The highest BCUT2D eigenvalue weighted by Gasteiger charge is 2.31. The minimum atomic E-state index is -4.39. The number of carbonyl (C=O) groups excluding carboxylic acids is 1. The van der Waals surface area contributed by atoms with Gasteiger partial charge in [0, 0.05) is 42.0 Å². The lowest BCUT2D eigenvalue weighted by molar-refractivity contribution is -0.129. The first-order valence-corrected chi connectivity index (χ1v) is 9.89. The van der Waals surface area contributed by atoms with Crippen molar-refractivity contribution in [2.24, 2.45) is 0 Å². The number of aryl methyl sites for hydroxylation is 1. The van der Waals surface area contributed by atoms with Crippen molar-refractivity contribution < 1.29 is 18.0 Å². The van der Waals surface area contributed by atoms with Crippen LogP contribution in [0, 0.1) is 6.92 Å². The molecule has 10 heteroatoms. The molecule has 0 spiro atoms. The predicted molar refractivity (Wildman–Crippen MR) is 103 cm³/mol. The number of thiazole rings is 1. The number of thioether (sulfide) groups is 1. The number of nitrogens with zero attached hydrogens (tertiary/aromatic N) is 4. The summed E-state index contributed by atoms with van der Waals surface area (Å²) in [4.78, 5) is 18.5. The van der Waals surface area contributed by atoms with Gasteiger partial charge in [-0.05, 0) is 19.1 Å². The molecule has 0 radical (unpaired) electrons. The summed E-state index contributed by atoms with van der Waals surface area (Å²) < 4.78 is 39.1. The third-order valence-corrected chi connectivity index (χ3v) is 5.84. The Labute approximate surface area is 168 Å². The van der Waals surface area contributed by atoms with Gasteiger partial charge in [-0.25, -0.2) is 9.67 Å². The molecule has 0 atom stereocenters. The van der Waals surface area contributed by atoms with E-state index in [0.717, 1.165) is 22.6 Å². The van der Waals surface area contributed by atoms with E-state index in [-0.39, 0.29) is 28.4 Å². The van der Waals surface area contributed by atoms with E-state index in [0.29, 0.717) is 17.1 Å². The molecule has 28 heavy (non-hydrogen) atoms. The number of hydrogen-bond acceptors (Lipinski definition) is 5. The number of hydrogen-bond donors (Lipinski definition) is 0. The van der Waals surface area contributed by atoms with Gasteiger partial charge in [0.25, 0.3) is 0 Å². The molecule has 0 aliphatic rings. The molecule has 5 nitrogen and oxygen atoms in total. The van der Waals surface area contributed by atoms with E-state index in [9.17, 15) is 18.0 Å². The van der Waals surface area contributed by atoms with Crippen molar-refractivity contribution >= 4 is 29.0 Å². The lowest BCUT2D eigenvalue weighted by atomic mass is 10.2. The fraction of sp³-hybridized carbons (Fsp3) is 0.278. The highest BCUT2D eigenvalue weighted by Crippen LogP contribution is 2.39. The molecule has 2 heterocycles. The average Bonchev–Trinajstić information content (AvgIpc) is 3.21. The van der Waals surface area contributed by atoms with E-state index in [1.54, 1.807) is 24.9 Å². The number of likely N-dealkylation sites (N-methyl/N-ethyl adjacent to an activating group) is 1. The van der Waals surface area contributed by atoms with Crippen LogP contribution < -0.4 is 0 Å². The van der Waals surface area contributed by atoms with Crippen molar-refractivity contribution in [2.45, 2.75) is 29.7 Å². The molecule has 0 aliphatic carbocycles. The minimum Gasteiger partial charge on any atom is -0.341 e. The molecular weight excluding hydrogens is 409 g/mol. The van der Waals surface area contributed by atoms with Crippen molar-refractivity contribution in [3.05, 3.63) is 58.9 Å². The molecule has 2 aromatic heterocycles. The molecule has 0 bridgehead atoms. The van der Waals surface area contributed by atoms with E-state index < -0.39 is 5.51 Å². The van der Waals surface area contributed by atoms with Crippen LogP contribution in [0.4, 0.5) is 13.2 Å². The Morgan fingerprint density at radius 3 is 2.68 bits per heavy atom. The zero-order chi connectivity index (χ0) is 20.3. The minimum absolute atomic E-state index is 0.0191. The fourth-order valence-electron chi connectivity index (χ4n) is 2.51. The van der Waals surface area contributed by atoms with Crippen LogP contribution in [-0.4, -0.2) is 38.1 Å². The Morgan fingerprint density at radius 2 is 2.00 bits per heavy atom. The second kappa shape index (κ2) is 8.36. The van der Waals surface area contributed by atoms with Gasteiger partial charge in [-0.2, -0.15) is 18.3 Å². The Bertz CT molecular complexity index is 953. The maximum atomic E-state index is 12.5. The summed E-state index contributed by atoms with van der Waals surface area (Å²) in [6.07, 6.45) is 3.55. The molecular formula is C18H17F3N4OS2. The summed E-state index contributed by atoms with van der Waals surface area (Å²) in [5, 5.41) is 4.30. The van der Waals surface area contributed by atoms with Crippen LogP contribution in [0.2, 0.25) is 0 Å². The van der Waals surface area contributed by atoms with Gasteiger partial charge < -0.3 is 4.90 Å². The number of halogens is 3. The number of para-hydroxylation sites is 1. The molecule has 0 unspecified atom stereocenters. The lowest BCUT2D eigenvalue weighted by Crippen LogP contribution is -2.27. The molecule has 1 amide bonds. The van der Waals surface area contributed by atoms with Crippen LogP contribution in [0.3, 0.4) is 0 Å². The van der Waals surface area contributed by atoms with Crippen LogP contribution in [0.15, 0.2) is 47.1 Å². The van der Waals surface area contributed by atoms with E-state index in [1.807, 2.05) is 36.5 Å². The standard InChI is InChI=1S/C18H17F3N4OS2/c1-12-15(27-17(23-12)28-18(19,20)21)8-16(26)24(2)10-13-9-22-25(11-13)14-6-4-3-5-7-14/h3-7,9,11H,8,10H2,1-2H3. The van der Waals surface area contributed by atoms with Gasteiger partial charge in [-0.1, -0.05) is 18.2 Å². The molecule has 0 N–H and O–H groups in total. The maximum absolute atomic E-state index is 12.5. The molecule has 3 aromatic rings. The molecule has 1 aromatic carbocycles. The van der Waals surface area contributed by atoms with Gasteiger partial charge in [0.2, 0.25) is 5.91 Å². The van der Waals surface area contributed by atoms with Crippen LogP contribution in [0.1, 0.15) is 16.1 Å². The zero-order valence-electron chi connectivity index (χ0n) is 15.1. The largest absolute Gasteiger partial charge is 0.448 e. The number of alkyl halides is 3. The Morgan fingerprint density at radius 1 is 1.29 bits per heavy atom. The van der Waals surface area contributed by atoms with Crippen LogP contribution in [0.5, 0.6) is 0 Å². The van der Waals surface area contributed by atoms with Gasteiger partial charge in [-0.15, -0.1) is 11.3 Å². The highest BCUT2D eigenvalue weighted by atomic mass is 32.2. The first kappa shape index (κ1) is 20.4. The summed E-state index contributed by atoms with van der Waals surface area (Å²) in [7, 11) is 1.66. The van der Waals surface area contributed by atoms with Gasteiger partial charge in [0.1, 0.15) is 0 Å². The third kappa shape index (κ3) is 5.35.